The van der Waals surface area contributed by atoms with Crippen molar-refractivity contribution in [2.75, 3.05) is 10.6 Å². The SMILES string of the molecule is CC#Cc1cc(C(C)C)cc(-c2ccccc2)c1Nc1cc(C(C)C)cc(Nc2c(CCCC)cc(C(C)(C)C)cc2CCCC)c1B(c1ccccc1)c1ccccc1. The van der Waals surface area contributed by atoms with Crippen LogP contribution in [0.5, 0.6) is 0 Å². The summed E-state index contributed by atoms with van der Waals surface area (Å²) in [5, 5.41) is 8.47. The molecule has 0 amide bonds. The van der Waals surface area contributed by atoms with Gasteiger partial charge in [-0.1, -0.05) is 195 Å². The molecule has 6 aromatic rings. The Morgan fingerprint density at radius 2 is 1.05 bits per heavy atom. The molecule has 308 valence electrons. The van der Waals surface area contributed by atoms with Crippen LogP contribution < -0.4 is 27.0 Å². The lowest BCUT2D eigenvalue weighted by Crippen LogP contribution is -2.53. The van der Waals surface area contributed by atoms with E-state index in [1.165, 1.54) is 55.5 Å². The average molecular weight is 791 g/mol. The summed E-state index contributed by atoms with van der Waals surface area (Å²) >= 11 is 0. The van der Waals surface area contributed by atoms with Gasteiger partial charge in [0.2, 0.25) is 6.71 Å². The van der Waals surface area contributed by atoms with Gasteiger partial charge in [-0.2, -0.15) is 0 Å². The Labute approximate surface area is 363 Å². The van der Waals surface area contributed by atoms with Gasteiger partial charge in [-0.15, -0.1) is 5.92 Å². The summed E-state index contributed by atoms with van der Waals surface area (Å²) in [5.74, 6) is 7.47. The topological polar surface area (TPSA) is 24.1 Å². The zero-order chi connectivity index (χ0) is 42.8. The first kappa shape index (κ1) is 44.1. The van der Waals surface area contributed by atoms with Crippen molar-refractivity contribution in [1.82, 2.24) is 0 Å². The maximum absolute atomic E-state index is 4.29. The standard InChI is InChI=1S/C57H67BN2/c1-11-14-26-44-35-48(57(8,9)10)36-45(27-15-12-2)55(44)59-52-38-47(41(6)7)39-53(54(52)58(49-30-21-17-22-31-49)50-32-23-18-24-33-50)60-56-43(25-13-3)34-46(40(4)5)37-51(56)42-28-19-16-20-29-42/h16-24,28-41,59-60H,11-12,14-15,26-27H2,1-10H3. The molecular formula is C57H67BN2. The van der Waals surface area contributed by atoms with Crippen LogP contribution in [0.3, 0.4) is 0 Å². The molecule has 0 radical (unpaired) electrons. The first-order valence-electron chi connectivity index (χ1n) is 22.6. The number of hydrogen-bond donors (Lipinski definition) is 2. The molecule has 2 nitrogen and oxygen atoms in total. The second-order valence-corrected chi connectivity index (χ2v) is 18.2. The van der Waals surface area contributed by atoms with Crippen molar-refractivity contribution in [3.63, 3.8) is 0 Å². The fourth-order valence-corrected chi connectivity index (χ4v) is 8.31. The first-order valence-corrected chi connectivity index (χ1v) is 22.6. The Morgan fingerprint density at radius 1 is 0.583 bits per heavy atom. The van der Waals surface area contributed by atoms with E-state index in [1.807, 2.05) is 6.92 Å². The van der Waals surface area contributed by atoms with Crippen molar-refractivity contribution in [3.8, 4) is 23.0 Å². The van der Waals surface area contributed by atoms with E-state index in [-0.39, 0.29) is 12.1 Å². The minimum atomic E-state index is -0.0681. The van der Waals surface area contributed by atoms with E-state index >= 15 is 0 Å². The van der Waals surface area contributed by atoms with Crippen LogP contribution in [0.15, 0.2) is 127 Å². The van der Waals surface area contributed by atoms with Gasteiger partial charge in [-0.05, 0) is 113 Å². The van der Waals surface area contributed by atoms with Gasteiger partial charge >= 0.3 is 0 Å². The molecule has 0 fully saturated rings. The molecule has 0 bridgehead atoms. The van der Waals surface area contributed by atoms with Gasteiger partial charge in [0.1, 0.15) is 0 Å². The molecule has 3 heteroatoms. The van der Waals surface area contributed by atoms with Crippen molar-refractivity contribution < 1.29 is 0 Å². The summed E-state index contributed by atoms with van der Waals surface area (Å²) in [6.45, 7) is 22.7. The van der Waals surface area contributed by atoms with Crippen molar-refractivity contribution in [2.24, 2.45) is 0 Å². The van der Waals surface area contributed by atoms with Crippen molar-refractivity contribution in [3.05, 3.63) is 161 Å². The monoisotopic (exact) mass is 791 g/mol. The number of nitrogens with one attached hydrogen (secondary N) is 2. The lowest BCUT2D eigenvalue weighted by molar-refractivity contribution is 0.587. The predicted octanol–water partition coefficient (Wildman–Crippen LogP) is 14.0. The van der Waals surface area contributed by atoms with Crippen LogP contribution in [0.25, 0.3) is 11.1 Å². The van der Waals surface area contributed by atoms with Crippen LogP contribution in [-0.2, 0) is 18.3 Å². The Morgan fingerprint density at radius 3 is 1.50 bits per heavy atom. The van der Waals surface area contributed by atoms with Crippen LogP contribution in [0, 0.1) is 11.8 Å². The van der Waals surface area contributed by atoms with E-state index in [2.05, 4.69) is 212 Å². The van der Waals surface area contributed by atoms with Crippen molar-refractivity contribution >= 4 is 45.9 Å². The van der Waals surface area contributed by atoms with E-state index in [4.69, 9.17) is 0 Å². The maximum Gasteiger partial charge on any atom is 0.246 e. The number of hydrogen-bond acceptors (Lipinski definition) is 2. The summed E-state index contributed by atoms with van der Waals surface area (Å²) in [5.41, 5.74) is 18.5. The summed E-state index contributed by atoms with van der Waals surface area (Å²) in [6.07, 6.45) is 6.67. The fraction of sp³-hybridized carbons (Fsp3) is 0.333. The van der Waals surface area contributed by atoms with Gasteiger partial charge < -0.3 is 10.6 Å². The van der Waals surface area contributed by atoms with Gasteiger partial charge in [-0.25, -0.2) is 0 Å². The quantitative estimate of drug-likeness (QED) is 0.0754. The van der Waals surface area contributed by atoms with Crippen molar-refractivity contribution in [1.29, 1.82) is 0 Å². The molecule has 2 N–H and O–H groups in total. The van der Waals surface area contributed by atoms with E-state index in [9.17, 15) is 0 Å². The number of rotatable bonds is 16. The van der Waals surface area contributed by atoms with Crippen molar-refractivity contribution in [2.45, 2.75) is 125 Å². The van der Waals surface area contributed by atoms with Gasteiger partial charge in [0.25, 0.3) is 0 Å². The molecule has 0 aliphatic rings. The molecule has 0 aromatic heterocycles. The minimum Gasteiger partial charge on any atom is -0.355 e. The van der Waals surface area contributed by atoms with Gasteiger partial charge in [-0.3, -0.25) is 0 Å². The Balaban J connectivity index is 1.73. The molecule has 0 atom stereocenters. The van der Waals surface area contributed by atoms with Crippen LogP contribution in [0.4, 0.5) is 22.7 Å². The molecule has 0 saturated heterocycles. The van der Waals surface area contributed by atoms with Crippen LogP contribution >= 0.6 is 0 Å². The minimum absolute atomic E-state index is 0.0483. The highest BCUT2D eigenvalue weighted by molar-refractivity contribution is 6.97. The molecule has 0 aliphatic heterocycles. The number of unbranched alkanes of at least 4 members (excludes halogenated alkanes) is 2. The smallest absolute Gasteiger partial charge is 0.246 e. The summed E-state index contributed by atoms with van der Waals surface area (Å²) in [4.78, 5) is 0. The number of anilines is 4. The van der Waals surface area contributed by atoms with Crippen LogP contribution in [-0.4, -0.2) is 6.71 Å². The molecule has 60 heavy (non-hydrogen) atoms. The first-order chi connectivity index (χ1) is 28.9. The highest BCUT2D eigenvalue weighted by atomic mass is 14.9. The maximum atomic E-state index is 4.29. The van der Waals surface area contributed by atoms with E-state index in [0.717, 1.165) is 66.7 Å². The van der Waals surface area contributed by atoms with E-state index in [1.54, 1.807) is 0 Å². The number of benzene rings is 6. The molecule has 6 rings (SSSR count). The normalized spacial score (nSPS) is 11.4. The Kier molecular flexibility index (Phi) is 14.9. The molecule has 0 heterocycles. The summed E-state index contributed by atoms with van der Waals surface area (Å²) < 4.78 is 0. The predicted molar refractivity (Wildman–Crippen MR) is 266 cm³/mol. The molecule has 0 saturated carbocycles. The second-order valence-electron chi connectivity index (χ2n) is 18.2. The molecule has 0 spiro atoms. The van der Waals surface area contributed by atoms with E-state index in [0.29, 0.717) is 11.8 Å². The van der Waals surface area contributed by atoms with E-state index < -0.39 is 0 Å². The zero-order valence-electron chi connectivity index (χ0n) is 38.1. The second kappa shape index (κ2) is 20.2. The summed E-state index contributed by atoms with van der Waals surface area (Å²) in [7, 11) is 0. The molecule has 6 aromatic carbocycles. The molecule has 0 aliphatic carbocycles. The number of aryl methyl sites for hydroxylation is 2. The third-order valence-electron chi connectivity index (χ3n) is 11.9. The largest absolute Gasteiger partial charge is 0.355 e. The highest BCUT2D eigenvalue weighted by Crippen LogP contribution is 2.39. The van der Waals surface area contributed by atoms with Crippen LogP contribution in [0.2, 0.25) is 0 Å². The van der Waals surface area contributed by atoms with Crippen LogP contribution in [0.1, 0.15) is 140 Å². The van der Waals surface area contributed by atoms with Gasteiger partial charge in [0, 0.05) is 28.2 Å². The molecular weight excluding hydrogens is 723 g/mol. The molecule has 0 unspecified atom stereocenters. The lowest BCUT2D eigenvalue weighted by Gasteiger charge is -2.29. The Bertz CT molecular complexity index is 2320. The lowest BCUT2D eigenvalue weighted by atomic mass is 9.36. The fourth-order valence-electron chi connectivity index (χ4n) is 8.31. The highest BCUT2D eigenvalue weighted by Gasteiger charge is 2.30. The van der Waals surface area contributed by atoms with Gasteiger partial charge in [0.05, 0.1) is 5.69 Å². The Hall–Kier alpha value is -5.46. The third-order valence-corrected chi connectivity index (χ3v) is 11.9. The average Bonchev–Trinajstić information content (AvgIpc) is 3.24. The third kappa shape index (κ3) is 10.5. The van der Waals surface area contributed by atoms with Gasteiger partial charge in [0.15, 0.2) is 0 Å². The zero-order valence-corrected chi connectivity index (χ0v) is 38.1. The summed E-state index contributed by atoms with van der Waals surface area (Å²) in [6, 6.07) is 47.5.